The number of carbonyl (C=O) groups is 1. The zero-order chi connectivity index (χ0) is 19.1. The number of ether oxygens (including phenoxy) is 1. The number of aryl methyl sites for hydroxylation is 1. The van der Waals surface area contributed by atoms with E-state index in [9.17, 15) is 13.2 Å². The molecule has 0 saturated heterocycles. The Morgan fingerprint density at radius 1 is 1.20 bits per heavy atom. The van der Waals surface area contributed by atoms with Crippen LogP contribution < -0.4 is 5.32 Å². The van der Waals surface area contributed by atoms with Crippen molar-refractivity contribution in [2.24, 2.45) is 0 Å². The van der Waals surface area contributed by atoms with Gasteiger partial charge in [0, 0.05) is 6.04 Å². The summed E-state index contributed by atoms with van der Waals surface area (Å²) in [5.74, 6) is 0. The van der Waals surface area contributed by atoms with E-state index in [1.54, 1.807) is 32.9 Å². The quantitative estimate of drug-likeness (QED) is 0.555. The van der Waals surface area contributed by atoms with E-state index in [1.807, 2.05) is 13.8 Å². The van der Waals surface area contributed by atoms with E-state index in [1.165, 1.54) is 12.1 Å². The molecule has 7 heteroatoms. The molecular formula is C18H29NO5S. The molecule has 0 aliphatic heterocycles. The van der Waals surface area contributed by atoms with Crippen LogP contribution in [0.3, 0.4) is 0 Å². The van der Waals surface area contributed by atoms with Gasteiger partial charge < -0.3 is 10.1 Å². The van der Waals surface area contributed by atoms with E-state index in [0.29, 0.717) is 12.8 Å². The average molecular weight is 371 g/mol. The summed E-state index contributed by atoms with van der Waals surface area (Å²) in [4.78, 5) is 11.9. The van der Waals surface area contributed by atoms with Crippen LogP contribution in [0.1, 0.15) is 52.5 Å². The zero-order valence-corrected chi connectivity index (χ0v) is 16.5. The maximum atomic E-state index is 12.1. The third-order valence-corrected chi connectivity index (χ3v) is 4.79. The van der Waals surface area contributed by atoms with Gasteiger partial charge in [0.1, 0.15) is 5.60 Å². The van der Waals surface area contributed by atoms with Gasteiger partial charge in [-0.2, -0.15) is 8.42 Å². The first-order valence-electron chi connectivity index (χ1n) is 8.49. The summed E-state index contributed by atoms with van der Waals surface area (Å²) >= 11 is 0. The zero-order valence-electron chi connectivity index (χ0n) is 15.7. The monoisotopic (exact) mass is 371 g/mol. The highest BCUT2D eigenvalue weighted by Gasteiger charge is 2.19. The van der Waals surface area contributed by atoms with Gasteiger partial charge in [-0.3, -0.25) is 4.18 Å². The Bertz CT molecular complexity index is 647. The average Bonchev–Trinajstić information content (AvgIpc) is 2.49. The van der Waals surface area contributed by atoms with E-state index in [-0.39, 0.29) is 17.5 Å². The first-order valence-corrected chi connectivity index (χ1v) is 9.90. The molecule has 0 fully saturated rings. The van der Waals surface area contributed by atoms with Crippen molar-refractivity contribution in [3.05, 3.63) is 29.8 Å². The Labute approximate surface area is 151 Å². The Morgan fingerprint density at radius 2 is 1.80 bits per heavy atom. The number of alkyl carbamates (subject to hydrolysis) is 1. The van der Waals surface area contributed by atoms with Crippen LogP contribution >= 0.6 is 0 Å². The summed E-state index contributed by atoms with van der Waals surface area (Å²) in [7, 11) is -3.74. The standard InChI is InChI=1S/C18H29NO5S/c1-6-15(19-17(20)24-18(3,4)5)8-7-13-23-25(21,22)16-11-9-14(2)10-12-16/h9-12,15H,6-8,13H2,1-5H3,(H,19,20). The van der Waals surface area contributed by atoms with Crippen LogP contribution in [0.25, 0.3) is 0 Å². The van der Waals surface area contributed by atoms with Crippen LogP contribution in [-0.4, -0.2) is 32.8 Å². The van der Waals surface area contributed by atoms with Crippen LogP contribution in [0.15, 0.2) is 29.2 Å². The van der Waals surface area contributed by atoms with Crippen LogP contribution in [0.5, 0.6) is 0 Å². The molecule has 0 spiro atoms. The van der Waals surface area contributed by atoms with Crippen LogP contribution in [-0.2, 0) is 19.0 Å². The maximum absolute atomic E-state index is 12.1. The summed E-state index contributed by atoms with van der Waals surface area (Å²) in [5, 5.41) is 2.79. The van der Waals surface area contributed by atoms with E-state index in [0.717, 1.165) is 12.0 Å². The van der Waals surface area contributed by atoms with Crippen molar-refractivity contribution in [3.8, 4) is 0 Å². The Hall–Kier alpha value is -1.60. The Morgan fingerprint density at radius 3 is 2.32 bits per heavy atom. The van der Waals surface area contributed by atoms with Crippen LogP contribution in [0, 0.1) is 6.92 Å². The molecule has 1 aromatic carbocycles. The van der Waals surface area contributed by atoms with Gasteiger partial charge in [0.2, 0.25) is 0 Å². The number of benzene rings is 1. The van der Waals surface area contributed by atoms with Gasteiger partial charge >= 0.3 is 6.09 Å². The normalized spacial score (nSPS) is 13.3. The predicted molar refractivity (Wildman–Crippen MR) is 97.0 cm³/mol. The minimum Gasteiger partial charge on any atom is -0.444 e. The molecule has 142 valence electrons. The highest BCUT2D eigenvalue weighted by Crippen LogP contribution is 2.14. The summed E-state index contributed by atoms with van der Waals surface area (Å²) in [6.45, 7) is 9.32. The number of nitrogens with one attached hydrogen (secondary N) is 1. The summed E-state index contributed by atoms with van der Waals surface area (Å²) in [6, 6.07) is 6.44. The molecule has 1 rings (SSSR count). The summed E-state index contributed by atoms with van der Waals surface area (Å²) in [5.41, 5.74) is 0.436. The summed E-state index contributed by atoms with van der Waals surface area (Å²) < 4.78 is 34.4. The van der Waals surface area contributed by atoms with E-state index >= 15 is 0 Å². The number of hydrogen-bond donors (Lipinski definition) is 1. The number of rotatable bonds is 8. The molecule has 0 bridgehead atoms. The molecule has 1 N–H and O–H groups in total. The van der Waals surface area contributed by atoms with E-state index in [4.69, 9.17) is 8.92 Å². The van der Waals surface area contributed by atoms with Gasteiger partial charge in [-0.25, -0.2) is 4.79 Å². The molecule has 1 amide bonds. The molecule has 25 heavy (non-hydrogen) atoms. The Kier molecular flexibility index (Phi) is 7.89. The van der Waals surface area contributed by atoms with Gasteiger partial charge in [-0.1, -0.05) is 24.6 Å². The molecule has 0 heterocycles. The van der Waals surface area contributed by atoms with Gasteiger partial charge in [-0.15, -0.1) is 0 Å². The molecule has 1 atom stereocenters. The molecule has 0 saturated carbocycles. The van der Waals surface area contributed by atoms with E-state index in [2.05, 4.69) is 5.32 Å². The predicted octanol–water partition coefficient (Wildman–Crippen LogP) is 3.78. The third-order valence-electron chi connectivity index (χ3n) is 3.46. The van der Waals surface area contributed by atoms with Gasteiger partial charge in [0.05, 0.1) is 11.5 Å². The van der Waals surface area contributed by atoms with Gasteiger partial charge in [0.25, 0.3) is 10.1 Å². The fourth-order valence-corrected chi connectivity index (χ4v) is 3.07. The third kappa shape index (κ3) is 8.36. The fourth-order valence-electron chi connectivity index (χ4n) is 2.12. The van der Waals surface area contributed by atoms with Crippen molar-refractivity contribution in [1.82, 2.24) is 5.32 Å². The van der Waals surface area contributed by atoms with Crippen molar-refractivity contribution in [3.63, 3.8) is 0 Å². The minimum atomic E-state index is -3.74. The van der Waals surface area contributed by atoms with Crippen molar-refractivity contribution in [2.75, 3.05) is 6.61 Å². The van der Waals surface area contributed by atoms with Crippen LogP contribution in [0.2, 0.25) is 0 Å². The van der Waals surface area contributed by atoms with Crippen LogP contribution in [0.4, 0.5) is 4.79 Å². The first-order chi connectivity index (χ1) is 11.5. The SMILES string of the molecule is CCC(CCCOS(=O)(=O)c1ccc(C)cc1)NC(=O)OC(C)(C)C. The number of hydrogen-bond acceptors (Lipinski definition) is 5. The first kappa shape index (κ1) is 21.4. The van der Waals surface area contributed by atoms with Crippen molar-refractivity contribution >= 4 is 16.2 Å². The molecular weight excluding hydrogens is 342 g/mol. The smallest absolute Gasteiger partial charge is 0.407 e. The second kappa shape index (κ2) is 9.20. The highest BCUT2D eigenvalue weighted by molar-refractivity contribution is 7.86. The topological polar surface area (TPSA) is 81.7 Å². The second-order valence-corrected chi connectivity index (χ2v) is 8.60. The molecule has 6 nitrogen and oxygen atoms in total. The fraction of sp³-hybridized carbons (Fsp3) is 0.611. The second-order valence-electron chi connectivity index (χ2n) is 6.98. The molecule has 0 aliphatic carbocycles. The molecule has 1 aromatic rings. The van der Waals surface area contributed by atoms with Crippen molar-refractivity contribution < 1.29 is 22.1 Å². The lowest BCUT2D eigenvalue weighted by Gasteiger charge is -2.23. The number of amides is 1. The molecule has 0 aromatic heterocycles. The lowest BCUT2D eigenvalue weighted by atomic mass is 10.1. The van der Waals surface area contributed by atoms with Crippen molar-refractivity contribution in [1.29, 1.82) is 0 Å². The lowest BCUT2D eigenvalue weighted by molar-refractivity contribution is 0.0498. The van der Waals surface area contributed by atoms with Crippen molar-refractivity contribution in [2.45, 2.75) is 70.4 Å². The molecule has 0 aliphatic rings. The lowest BCUT2D eigenvalue weighted by Crippen LogP contribution is -2.39. The highest BCUT2D eigenvalue weighted by atomic mass is 32.2. The minimum absolute atomic E-state index is 0.0721. The molecule has 1 unspecified atom stereocenters. The van der Waals surface area contributed by atoms with E-state index < -0.39 is 21.8 Å². The summed E-state index contributed by atoms with van der Waals surface area (Å²) in [6.07, 6.45) is 1.38. The van der Waals surface area contributed by atoms with Gasteiger partial charge in [0.15, 0.2) is 0 Å². The largest absolute Gasteiger partial charge is 0.444 e. The van der Waals surface area contributed by atoms with Gasteiger partial charge in [-0.05, 0) is 59.1 Å². The maximum Gasteiger partial charge on any atom is 0.407 e. The molecule has 0 radical (unpaired) electrons. The Balaban J connectivity index is 2.42. The number of carbonyl (C=O) groups excluding carboxylic acids is 1.